The van der Waals surface area contributed by atoms with Crippen LogP contribution in [0.4, 0.5) is 4.79 Å². The fourth-order valence-electron chi connectivity index (χ4n) is 2.34. The minimum Gasteiger partial charge on any atom is -0.444 e. The van der Waals surface area contributed by atoms with Crippen LogP contribution in [0.15, 0.2) is 0 Å². The van der Waals surface area contributed by atoms with E-state index in [1.165, 1.54) is 0 Å². The van der Waals surface area contributed by atoms with E-state index in [-0.39, 0.29) is 18.7 Å². The summed E-state index contributed by atoms with van der Waals surface area (Å²) in [4.78, 5) is 13.5. The number of hydrogen-bond donors (Lipinski definition) is 1. The summed E-state index contributed by atoms with van der Waals surface area (Å²) in [6.07, 6.45) is 0.874. The zero-order chi connectivity index (χ0) is 11.2. The predicted molar refractivity (Wildman–Crippen MR) is 55.4 cm³/mol. The molecule has 0 aromatic carbocycles. The van der Waals surface area contributed by atoms with Gasteiger partial charge in [0.05, 0.1) is 12.6 Å². The molecule has 1 heterocycles. The maximum atomic E-state index is 11.8. The highest BCUT2D eigenvalue weighted by molar-refractivity contribution is 5.69. The molecule has 2 fully saturated rings. The highest BCUT2D eigenvalue weighted by Crippen LogP contribution is 2.49. The summed E-state index contributed by atoms with van der Waals surface area (Å²) in [7, 11) is 0. The Kier molecular flexibility index (Phi) is 2.41. The maximum Gasteiger partial charge on any atom is 0.410 e. The average Bonchev–Trinajstić information content (AvgIpc) is 2.75. The first kappa shape index (κ1) is 10.7. The zero-order valence-electron chi connectivity index (χ0n) is 9.56. The fraction of sp³-hybridized carbons (Fsp3) is 0.909. The van der Waals surface area contributed by atoms with E-state index in [2.05, 4.69) is 0 Å². The quantitative estimate of drug-likeness (QED) is 0.712. The molecule has 86 valence electrons. The molecular formula is C11H19NO3. The molecule has 4 nitrogen and oxygen atoms in total. The van der Waals surface area contributed by atoms with Crippen molar-refractivity contribution in [2.24, 2.45) is 11.8 Å². The minimum atomic E-state index is -0.454. The van der Waals surface area contributed by atoms with Crippen LogP contribution in [-0.2, 0) is 4.74 Å². The molecule has 0 bridgehead atoms. The second-order valence-electron chi connectivity index (χ2n) is 5.54. The molecule has 1 amide bonds. The number of carbonyl (C=O) groups is 1. The SMILES string of the molecule is CC(C)(C)OC(=O)N1C[C@@H]2C[C@H]2[C@H]1CO. The van der Waals surface area contributed by atoms with Gasteiger partial charge in [-0.25, -0.2) is 4.79 Å². The number of likely N-dealkylation sites (tertiary alicyclic amines) is 1. The van der Waals surface area contributed by atoms with Crippen molar-refractivity contribution in [1.29, 1.82) is 0 Å². The van der Waals surface area contributed by atoms with Crippen LogP contribution in [0.2, 0.25) is 0 Å². The van der Waals surface area contributed by atoms with Gasteiger partial charge in [-0.15, -0.1) is 0 Å². The molecule has 4 heteroatoms. The number of ether oxygens (including phenoxy) is 1. The van der Waals surface area contributed by atoms with Gasteiger partial charge in [-0.1, -0.05) is 0 Å². The molecule has 0 aromatic heterocycles. The third-order valence-electron chi connectivity index (χ3n) is 3.12. The highest BCUT2D eigenvalue weighted by atomic mass is 16.6. The van der Waals surface area contributed by atoms with Gasteiger partial charge in [-0.05, 0) is 39.0 Å². The Morgan fingerprint density at radius 3 is 2.73 bits per heavy atom. The van der Waals surface area contributed by atoms with Gasteiger partial charge in [0.1, 0.15) is 5.60 Å². The van der Waals surface area contributed by atoms with E-state index in [4.69, 9.17) is 4.74 Å². The van der Waals surface area contributed by atoms with Gasteiger partial charge in [-0.3, -0.25) is 0 Å². The van der Waals surface area contributed by atoms with E-state index in [0.717, 1.165) is 13.0 Å². The number of carbonyl (C=O) groups excluding carboxylic acids is 1. The first-order valence-corrected chi connectivity index (χ1v) is 5.53. The Morgan fingerprint density at radius 1 is 1.53 bits per heavy atom. The summed E-state index contributed by atoms with van der Waals surface area (Å²) in [6, 6.07) is -0.00940. The van der Waals surface area contributed by atoms with Gasteiger partial charge in [0, 0.05) is 6.54 Å². The molecule has 3 atom stereocenters. The molecule has 2 rings (SSSR count). The van der Waals surface area contributed by atoms with Crippen LogP contribution in [0.5, 0.6) is 0 Å². The summed E-state index contributed by atoms with van der Waals surface area (Å²) in [5.41, 5.74) is -0.454. The van der Waals surface area contributed by atoms with E-state index in [0.29, 0.717) is 11.8 Å². The van der Waals surface area contributed by atoms with E-state index in [1.807, 2.05) is 20.8 Å². The largest absolute Gasteiger partial charge is 0.444 e. The number of fused-ring (bicyclic) bond motifs is 1. The van der Waals surface area contributed by atoms with E-state index in [1.54, 1.807) is 4.90 Å². The van der Waals surface area contributed by atoms with E-state index >= 15 is 0 Å². The molecule has 0 spiro atoms. The number of amides is 1. The second kappa shape index (κ2) is 3.37. The fourth-order valence-corrected chi connectivity index (χ4v) is 2.34. The summed E-state index contributed by atoms with van der Waals surface area (Å²) in [6.45, 7) is 6.38. The number of rotatable bonds is 1. The van der Waals surface area contributed by atoms with Crippen LogP contribution in [0, 0.1) is 11.8 Å². The van der Waals surface area contributed by atoms with Crippen molar-refractivity contribution in [2.45, 2.75) is 38.8 Å². The first-order chi connectivity index (χ1) is 6.92. The van der Waals surface area contributed by atoms with Gasteiger partial charge in [-0.2, -0.15) is 0 Å². The molecule has 0 aromatic rings. The third kappa shape index (κ3) is 2.09. The Bertz CT molecular complexity index is 271. The van der Waals surface area contributed by atoms with E-state index < -0.39 is 5.60 Å². The van der Waals surface area contributed by atoms with Gasteiger partial charge < -0.3 is 14.7 Å². The van der Waals surface area contributed by atoms with Crippen LogP contribution < -0.4 is 0 Å². The number of aliphatic hydroxyl groups is 1. The molecule has 15 heavy (non-hydrogen) atoms. The Morgan fingerprint density at radius 2 is 2.20 bits per heavy atom. The van der Waals surface area contributed by atoms with E-state index in [9.17, 15) is 9.90 Å². The Labute approximate surface area is 90.2 Å². The van der Waals surface area contributed by atoms with Crippen molar-refractivity contribution in [3.63, 3.8) is 0 Å². The van der Waals surface area contributed by atoms with Crippen LogP contribution in [0.25, 0.3) is 0 Å². The topological polar surface area (TPSA) is 49.8 Å². The van der Waals surface area contributed by atoms with Crippen LogP contribution >= 0.6 is 0 Å². The zero-order valence-corrected chi connectivity index (χ0v) is 9.56. The summed E-state index contributed by atoms with van der Waals surface area (Å²) < 4.78 is 5.30. The van der Waals surface area contributed by atoms with Gasteiger partial charge in [0.2, 0.25) is 0 Å². The second-order valence-corrected chi connectivity index (χ2v) is 5.54. The number of piperidine rings is 1. The first-order valence-electron chi connectivity index (χ1n) is 5.53. The normalized spacial score (nSPS) is 33.9. The van der Waals surface area contributed by atoms with Crippen molar-refractivity contribution in [1.82, 2.24) is 4.90 Å². The number of aliphatic hydroxyl groups excluding tert-OH is 1. The lowest BCUT2D eigenvalue weighted by molar-refractivity contribution is 0.0133. The smallest absolute Gasteiger partial charge is 0.410 e. The van der Waals surface area contributed by atoms with Gasteiger partial charge >= 0.3 is 6.09 Å². The molecular weight excluding hydrogens is 194 g/mol. The summed E-state index contributed by atoms with van der Waals surface area (Å²) >= 11 is 0. The monoisotopic (exact) mass is 213 g/mol. The molecule has 1 aliphatic carbocycles. The highest BCUT2D eigenvalue weighted by Gasteiger charge is 2.54. The van der Waals surface area contributed by atoms with Crippen LogP contribution in [0.1, 0.15) is 27.2 Å². The van der Waals surface area contributed by atoms with Crippen LogP contribution in [-0.4, -0.2) is 40.9 Å². The van der Waals surface area contributed by atoms with Crippen molar-refractivity contribution in [3.05, 3.63) is 0 Å². The Hall–Kier alpha value is -0.770. The van der Waals surface area contributed by atoms with Crippen molar-refractivity contribution in [2.75, 3.05) is 13.2 Å². The third-order valence-corrected chi connectivity index (χ3v) is 3.12. The average molecular weight is 213 g/mol. The molecule has 1 N–H and O–H groups in total. The lowest BCUT2D eigenvalue weighted by Crippen LogP contribution is -2.43. The minimum absolute atomic E-state index is 0.00940. The van der Waals surface area contributed by atoms with Gasteiger partial charge in [0.25, 0.3) is 0 Å². The molecule has 0 unspecified atom stereocenters. The Balaban J connectivity index is 1.96. The predicted octanol–water partition coefficient (Wildman–Crippen LogP) is 1.23. The van der Waals surface area contributed by atoms with Crippen molar-refractivity contribution < 1.29 is 14.6 Å². The summed E-state index contributed by atoms with van der Waals surface area (Å²) in [5, 5.41) is 9.23. The molecule has 1 saturated carbocycles. The standard InChI is InChI=1S/C11H19NO3/c1-11(2,3)15-10(14)12-5-7-4-8(7)9(12)6-13/h7-9,13H,4-6H2,1-3H3/t7-,8+,9+/m0/s1. The molecule has 0 radical (unpaired) electrons. The molecule has 1 saturated heterocycles. The van der Waals surface area contributed by atoms with Crippen molar-refractivity contribution in [3.8, 4) is 0 Å². The van der Waals surface area contributed by atoms with Crippen molar-refractivity contribution >= 4 is 6.09 Å². The number of nitrogens with zero attached hydrogens (tertiary/aromatic N) is 1. The lowest BCUT2D eigenvalue weighted by atomic mass is 10.2. The summed E-state index contributed by atoms with van der Waals surface area (Å²) in [5.74, 6) is 1.12. The lowest BCUT2D eigenvalue weighted by Gasteiger charge is -2.29. The maximum absolute atomic E-state index is 11.8. The molecule has 2 aliphatic rings. The molecule has 1 aliphatic heterocycles. The van der Waals surface area contributed by atoms with Gasteiger partial charge in [0.15, 0.2) is 0 Å². The van der Waals surface area contributed by atoms with Crippen LogP contribution in [0.3, 0.4) is 0 Å². The number of hydrogen-bond acceptors (Lipinski definition) is 3.